The van der Waals surface area contributed by atoms with Crippen molar-refractivity contribution in [3.63, 3.8) is 0 Å². The van der Waals surface area contributed by atoms with Crippen molar-refractivity contribution in [2.24, 2.45) is 0 Å². The Balaban J connectivity index is 1.46. The number of nitrogens with one attached hydrogen (secondary N) is 2. The van der Waals surface area contributed by atoms with E-state index in [0.717, 1.165) is 33.3 Å². The number of para-hydroxylation sites is 2. The summed E-state index contributed by atoms with van der Waals surface area (Å²) in [5.41, 5.74) is 2.84. The Bertz CT molecular complexity index is 1060. The molecular formula is C18H20N6OS. The zero-order valence-electron chi connectivity index (χ0n) is 14.9. The summed E-state index contributed by atoms with van der Waals surface area (Å²) in [4.78, 5) is 21.8. The molecule has 8 heteroatoms. The van der Waals surface area contributed by atoms with Crippen molar-refractivity contribution in [3.05, 3.63) is 46.5 Å². The zero-order chi connectivity index (χ0) is 18.3. The number of fused-ring (bicyclic) bond motifs is 2. The minimum Gasteiger partial charge on any atom is -0.351 e. The molecule has 0 unspecified atom stereocenters. The fourth-order valence-corrected chi connectivity index (χ4v) is 4.00. The van der Waals surface area contributed by atoms with E-state index in [4.69, 9.17) is 0 Å². The van der Waals surface area contributed by atoms with Crippen LogP contribution in [0.4, 0.5) is 0 Å². The van der Waals surface area contributed by atoms with Gasteiger partial charge in [-0.25, -0.2) is 4.98 Å². The summed E-state index contributed by atoms with van der Waals surface area (Å²) in [6, 6.07) is 7.90. The maximum atomic E-state index is 12.6. The monoisotopic (exact) mass is 368 g/mol. The lowest BCUT2D eigenvalue weighted by Crippen LogP contribution is -2.26. The Morgan fingerprint density at radius 1 is 1.31 bits per heavy atom. The number of carbonyl (C=O) groups excluding carboxylic acids is 1. The van der Waals surface area contributed by atoms with Crippen molar-refractivity contribution in [1.29, 1.82) is 0 Å². The number of hydrogen-bond acceptors (Lipinski definition) is 5. The summed E-state index contributed by atoms with van der Waals surface area (Å²) >= 11 is 1.37. The first kappa shape index (κ1) is 16.7. The highest BCUT2D eigenvalue weighted by molar-refractivity contribution is 7.19. The van der Waals surface area contributed by atoms with Gasteiger partial charge in [-0.3, -0.25) is 9.20 Å². The number of nitrogens with zero attached hydrogens (tertiary/aromatic N) is 4. The van der Waals surface area contributed by atoms with Crippen LogP contribution in [0, 0.1) is 6.92 Å². The van der Waals surface area contributed by atoms with E-state index < -0.39 is 0 Å². The molecular weight excluding hydrogens is 348 g/mol. The van der Waals surface area contributed by atoms with Gasteiger partial charge in [-0.15, -0.1) is 10.2 Å². The Hall–Kier alpha value is -2.74. The molecule has 1 aromatic carbocycles. The molecule has 0 fully saturated rings. The second-order valence-corrected chi connectivity index (χ2v) is 7.53. The summed E-state index contributed by atoms with van der Waals surface area (Å²) in [7, 11) is 0. The van der Waals surface area contributed by atoms with Crippen LogP contribution in [0.3, 0.4) is 0 Å². The van der Waals surface area contributed by atoms with Gasteiger partial charge in [-0.1, -0.05) is 37.3 Å². The van der Waals surface area contributed by atoms with Crippen molar-refractivity contribution in [2.75, 3.05) is 6.54 Å². The third-order valence-electron chi connectivity index (χ3n) is 4.32. The number of hydrogen-bond donors (Lipinski definition) is 2. The number of imidazole rings is 1. The number of H-pyrrole nitrogens is 1. The number of carbonyl (C=O) groups is 1. The van der Waals surface area contributed by atoms with Crippen molar-refractivity contribution >= 4 is 33.2 Å². The highest BCUT2D eigenvalue weighted by Gasteiger charge is 2.20. The quantitative estimate of drug-likeness (QED) is 0.567. The van der Waals surface area contributed by atoms with Gasteiger partial charge in [0.05, 0.1) is 11.0 Å². The predicted octanol–water partition coefficient (Wildman–Crippen LogP) is 3.07. The topological polar surface area (TPSA) is 88.0 Å². The fraction of sp³-hybridized carbons (Fsp3) is 0.333. The Labute approximate surface area is 154 Å². The van der Waals surface area contributed by atoms with Gasteiger partial charge in [-0.05, 0) is 19.1 Å². The summed E-state index contributed by atoms with van der Waals surface area (Å²) in [6.07, 6.45) is 0.654. The van der Waals surface area contributed by atoms with Crippen LogP contribution in [0.1, 0.15) is 46.8 Å². The van der Waals surface area contributed by atoms with Gasteiger partial charge in [0.1, 0.15) is 16.5 Å². The average Bonchev–Trinajstić information content (AvgIpc) is 3.29. The van der Waals surface area contributed by atoms with Gasteiger partial charge in [0.25, 0.3) is 5.91 Å². The van der Waals surface area contributed by atoms with Crippen molar-refractivity contribution in [1.82, 2.24) is 29.9 Å². The Morgan fingerprint density at radius 2 is 2.12 bits per heavy atom. The molecule has 0 spiro atoms. The molecule has 0 saturated heterocycles. The number of thiazole rings is 1. The van der Waals surface area contributed by atoms with E-state index in [1.54, 1.807) is 0 Å². The minimum atomic E-state index is -0.0798. The highest BCUT2D eigenvalue weighted by atomic mass is 32.1. The molecule has 3 aromatic heterocycles. The molecule has 134 valence electrons. The van der Waals surface area contributed by atoms with E-state index in [9.17, 15) is 4.79 Å². The lowest BCUT2D eigenvalue weighted by molar-refractivity contribution is 0.0957. The largest absolute Gasteiger partial charge is 0.351 e. The van der Waals surface area contributed by atoms with Crippen LogP contribution in [0.2, 0.25) is 0 Å². The molecule has 0 aliphatic carbocycles. The molecule has 26 heavy (non-hydrogen) atoms. The van der Waals surface area contributed by atoms with Crippen LogP contribution < -0.4 is 5.32 Å². The SMILES string of the molecule is Cc1c(C(=O)NCCc2nc3ccccc3[nH]2)sc2nnc(C(C)C)n12. The van der Waals surface area contributed by atoms with Crippen LogP contribution in [0.5, 0.6) is 0 Å². The first-order chi connectivity index (χ1) is 12.5. The van der Waals surface area contributed by atoms with Crippen molar-refractivity contribution in [2.45, 2.75) is 33.1 Å². The predicted molar refractivity (Wildman–Crippen MR) is 102 cm³/mol. The van der Waals surface area contributed by atoms with E-state index in [2.05, 4.69) is 39.3 Å². The maximum absolute atomic E-state index is 12.6. The van der Waals surface area contributed by atoms with Gasteiger partial charge in [0, 0.05) is 24.6 Å². The Kier molecular flexibility index (Phi) is 4.20. The van der Waals surface area contributed by atoms with Gasteiger partial charge in [0.2, 0.25) is 4.96 Å². The molecule has 0 saturated carbocycles. The summed E-state index contributed by atoms with van der Waals surface area (Å²) in [6.45, 7) is 6.60. The molecule has 1 amide bonds. The van der Waals surface area contributed by atoms with E-state index in [1.165, 1.54) is 11.3 Å². The van der Waals surface area contributed by atoms with E-state index in [-0.39, 0.29) is 11.8 Å². The van der Waals surface area contributed by atoms with Gasteiger partial charge in [-0.2, -0.15) is 0 Å². The van der Waals surface area contributed by atoms with Gasteiger partial charge < -0.3 is 10.3 Å². The minimum absolute atomic E-state index is 0.0798. The molecule has 0 radical (unpaired) electrons. The first-order valence-corrected chi connectivity index (χ1v) is 9.42. The standard InChI is InChI=1S/C18H20N6OS/c1-10(2)16-22-23-18-24(16)11(3)15(26-18)17(25)19-9-8-14-20-12-6-4-5-7-13(12)21-14/h4-7,10H,8-9H2,1-3H3,(H,19,25)(H,20,21). The molecule has 3 heterocycles. The summed E-state index contributed by atoms with van der Waals surface area (Å²) in [5, 5.41) is 11.4. The number of aromatic nitrogens is 5. The number of rotatable bonds is 5. The molecule has 0 aliphatic rings. The molecule has 0 atom stereocenters. The molecule has 0 bridgehead atoms. The third-order valence-corrected chi connectivity index (χ3v) is 5.46. The van der Waals surface area contributed by atoms with Crippen LogP contribution in [-0.2, 0) is 6.42 Å². The van der Waals surface area contributed by atoms with Crippen LogP contribution in [0.15, 0.2) is 24.3 Å². The normalized spacial score (nSPS) is 11.7. The number of aryl methyl sites for hydroxylation is 1. The van der Waals surface area contributed by atoms with Crippen molar-refractivity contribution < 1.29 is 4.79 Å². The molecule has 4 rings (SSSR count). The van der Waals surface area contributed by atoms with Crippen molar-refractivity contribution in [3.8, 4) is 0 Å². The summed E-state index contributed by atoms with van der Waals surface area (Å²) in [5.74, 6) is 1.93. The summed E-state index contributed by atoms with van der Waals surface area (Å²) < 4.78 is 1.98. The van der Waals surface area contributed by atoms with Crippen LogP contribution in [0.25, 0.3) is 16.0 Å². The van der Waals surface area contributed by atoms with Crippen LogP contribution >= 0.6 is 11.3 Å². The smallest absolute Gasteiger partial charge is 0.263 e. The van der Waals surface area contributed by atoms with E-state index in [1.807, 2.05) is 35.6 Å². The highest BCUT2D eigenvalue weighted by Crippen LogP contribution is 2.25. The van der Waals surface area contributed by atoms with E-state index in [0.29, 0.717) is 17.8 Å². The lowest BCUT2D eigenvalue weighted by Gasteiger charge is -2.05. The lowest BCUT2D eigenvalue weighted by atomic mass is 10.2. The van der Waals surface area contributed by atoms with E-state index >= 15 is 0 Å². The maximum Gasteiger partial charge on any atom is 0.263 e. The van der Waals surface area contributed by atoms with Crippen LogP contribution in [-0.4, -0.2) is 37.0 Å². The fourth-order valence-electron chi connectivity index (χ4n) is 3.01. The number of aromatic amines is 1. The van der Waals surface area contributed by atoms with Gasteiger partial charge >= 0.3 is 0 Å². The number of benzene rings is 1. The molecule has 2 N–H and O–H groups in total. The third kappa shape index (κ3) is 2.86. The second kappa shape index (κ2) is 6.53. The average molecular weight is 368 g/mol. The first-order valence-electron chi connectivity index (χ1n) is 8.61. The number of amides is 1. The molecule has 0 aliphatic heterocycles. The Morgan fingerprint density at radius 3 is 2.88 bits per heavy atom. The second-order valence-electron chi connectivity index (χ2n) is 6.55. The molecule has 4 aromatic rings. The van der Waals surface area contributed by atoms with Gasteiger partial charge in [0.15, 0.2) is 0 Å². The zero-order valence-corrected chi connectivity index (χ0v) is 15.7. The molecule has 7 nitrogen and oxygen atoms in total.